The van der Waals surface area contributed by atoms with Crippen molar-refractivity contribution in [3.05, 3.63) is 0 Å². The minimum Gasteiger partial charge on any atom is -0.469 e. The summed E-state index contributed by atoms with van der Waals surface area (Å²) < 4.78 is 4.50. The first kappa shape index (κ1) is 9.48. The van der Waals surface area contributed by atoms with Crippen LogP contribution < -0.4 is 0 Å². The van der Waals surface area contributed by atoms with E-state index in [0.717, 1.165) is 6.54 Å². The first-order valence-electron chi connectivity index (χ1n) is 4.03. The van der Waals surface area contributed by atoms with Crippen molar-refractivity contribution in [1.29, 1.82) is 0 Å². The Morgan fingerprint density at radius 1 is 1.75 bits per heavy atom. The molecule has 1 fully saturated rings. The highest BCUT2D eigenvalue weighted by atomic mass is 16.5. The van der Waals surface area contributed by atoms with Gasteiger partial charge >= 0.3 is 5.97 Å². The highest BCUT2D eigenvalue weighted by Gasteiger charge is 2.36. The maximum Gasteiger partial charge on any atom is 0.308 e. The van der Waals surface area contributed by atoms with Gasteiger partial charge in [0.1, 0.15) is 0 Å². The number of esters is 1. The van der Waals surface area contributed by atoms with E-state index in [1.165, 1.54) is 7.11 Å². The van der Waals surface area contributed by atoms with E-state index in [4.69, 9.17) is 0 Å². The Balaban J connectivity index is 2.45. The van der Waals surface area contributed by atoms with Crippen LogP contribution in [0.5, 0.6) is 0 Å². The van der Waals surface area contributed by atoms with E-state index in [1.54, 1.807) is 0 Å². The molecule has 0 aromatic rings. The zero-order valence-corrected chi connectivity index (χ0v) is 7.54. The van der Waals surface area contributed by atoms with Gasteiger partial charge in [0.25, 0.3) is 0 Å². The Kier molecular flexibility index (Phi) is 2.69. The zero-order chi connectivity index (χ0) is 9.19. The summed E-state index contributed by atoms with van der Waals surface area (Å²) in [5.74, 6) is -0.340. The van der Waals surface area contributed by atoms with Crippen molar-refractivity contribution in [3.63, 3.8) is 0 Å². The molecule has 70 valence electrons. The fourth-order valence-electron chi connectivity index (χ4n) is 1.54. The first-order valence-corrected chi connectivity index (χ1v) is 4.03. The second kappa shape index (κ2) is 3.41. The molecule has 1 heterocycles. The third kappa shape index (κ3) is 2.19. The van der Waals surface area contributed by atoms with E-state index in [-0.39, 0.29) is 12.4 Å². The van der Waals surface area contributed by atoms with Crippen LogP contribution >= 0.6 is 0 Å². The third-order valence-corrected chi connectivity index (χ3v) is 2.22. The van der Waals surface area contributed by atoms with E-state index < -0.39 is 5.60 Å². The van der Waals surface area contributed by atoms with Gasteiger partial charge < -0.3 is 14.7 Å². The number of carbonyl (C=O) groups is 1. The molecule has 1 N–H and O–H groups in total. The highest BCUT2D eigenvalue weighted by molar-refractivity contribution is 5.70. The van der Waals surface area contributed by atoms with Crippen LogP contribution in [-0.2, 0) is 9.53 Å². The average molecular weight is 173 g/mol. The van der Waals surface area contributed by atoms with Crippen molar-refractivity contribution >= 4 is 5.97 Å². The summed E-state index contributed by atoms with van der Waals surface area (Å²) >= 11 is 0. The number of likely N-dealkylation sites (tertiary alicyclic amines) is 1. The number of ether oxygens (including phenoxy) is 1. The van der Waals surface area contributed by atoms with Gasteiger partial charge in [-0.2, -0.15) is 0 Å². The summed E-state index contributed by atoms with van der Waals surface area (Å²) in [5.41, 5.74) is -0.859. The smallest absolute Gasteiger partial charge is 0.308 e. The molecule has 0 aromatic carbocycles. The fraction of sp³-hybridized carbons (Fsp3) is 0.875. The van der Waals surface area contributed by atoms with Gasteiger partial charge in [-0.15, -0.1) is 0 Å². The van der Waals surface area contributed by atoms with Gasteiger partial charge in [-0.25, -0.2) is 0 Å². The second-order valence-corrected chi connectivity index (χ2v) is 3.47. The molecule has 0 spiro atoms. The van der Waals surface area contributed by atoms with E-state index in [1.807, 2.05) is 11.9 Å². The molecule has 1 aliphatic rings. The maximum atomic E-state index is 10.9. The van der Waals surface area contributed by atoms with Gasteiger partial charge in [-0.3, -0.25) is 4.79 Å². The van der Waals surface area contributed by atoms with Gasteiger partial charge in [0, 0.05) is 13.1 Å². The Bertz CT molecular complexity index is 183. The van der Waals surface area contributed by atoms with Crippen molar-refractivity contribution in [2.45, 2.75) is 18.4 Å². The van der Waals surface area contributed by atoms with E-state index in [9.17, 15) is 9.90 Å². The Morgan fingerprint density at radius 3 is 2.83 bits per heavy atom. The van der Waals surface area contributed by atoms with Crippen LogP contribution in [0.15, 0.2) is 0 Å². The number of carbonyl (C=O) groups excluding carboxylic acids is 1. The van der Waals surface area contributed by atoms with Crippen LogP contribution in [0.3, 0.4) is 0 Å². The minimum atomic E-state index is -0.859. The Labute approximate surface area is 72.1 Å². The Hall–Kier alpha value is -0.610. The number of rotatable bonds is 2. The first-order chi connectivity index (χ1) is 5.56. The second-order valence-electron chi connectivity index (χ2n) is 3.47. The number of likely N-dealkylation sites (N-methyl/N-ethyl adjacent to an activating group) is 1. The quantitative estimate of drug-likeness (QED) is 0.578. The lowest BCUT2D eigenvalue weighted by molar-refractivity contribution is -0.145. The summed E-state index contributed by atoms with van der Waals surface area (Å²) in [6, 6.07) is 0. The lowest BCUT2D eigenvalue weighted by Crippen LogP contribution is -2.34. The molecule has 1 unspecified atom stereocenters. The molecule has 1 rings (SSSR count). The van der Waals surface area contributed by atoms with Gasteiger partial charge in [0.15, 0.2) is 0 Å². The monoisotopic (exact) mass is 173 g/mol. The summed E-state index contributed by atoms with van der Waals surface area (Å²) in [7, 11) is 3.26. The predicted molar refractivity (Wildman–Crippen MR) is 43.7 cm³/mol. The molecule has 1 atom stereocenters. The van der Waals surface area contributed by atoms with Crippen molar-refractivity contribution < 1.29 is 14.6 Å². The largest absolute Gasteiger partial charge is 0.469 e. The number of β-amino-alcohol motifs (C(OH)–C–C–N with tert-alkyl or cyclic N) is 1. The highest BCUT2D eigenvalue weighted by Crippen LogP contribution is 2.23. The van der Waals surface area contributed by atoms with Crippen LogP contribution in [-0.4, -0.2) is 48.8 Å². The summed E-state index contributed by atoms with van der Waals surface area (Å²) in [6.07, 6.45) is 0.756. The standard InChI is InChI=1S/C8H15NO3/c1-9-4-3-8(11,6-9)5-7(10)12-2/h11H,3-6H2,1-2H3. The summed E-state index contributed by atoms with van der Waals surface area (Å²) in [4.78, 5) is 12.9. The van der Waals surface area contributed by atoms with Gasteiger partial charge in [-0.05, 0) is 13.5 Å². The molecule has 1 aliphatic heterocycles. The summed E-state index contributed by atoms with van der Waals surface area (Å²) in [6.45, 7) is 1.40. The number of nitrogens with zero attached hydrogens (tertiary/aromatic N) is 1. The van der Waals surface area contributed by atoms with Crippen LogP contribution in [0.2, 0.25) is 0 Å². The van der Waals surface area contributed by atoms with Crippen LogP contribution in [0, 0.1) is 0 Å². The normalized spacial score (nSPS) is 30.6. The van der Waals surface area contributed by atoms with Crippen molar-refractivity contribution in [3.8, 4) is 0 Å². The molecule has 0 aromatic heterocycles. The fourth-order valence-corrected chi connectivity index (χ4v) is 1.54. The molecule has 0 radical (unpaired) electrons. The molecule has 0 aliphatic carbocycles. The van der Waals surface area contributed by atoms with Crippen LogP contribution in [0.4, 0.5) is 0 Å². The van der Waals surface area contributed by atoms with E-state index >= 15 is 0 Å². The van der Waals surface area contributed by atoms with E-state index in [2.05, 4.69) is 4.74 Å². The lowest BCUT2D eigenvalue weighted by Gasteiger charge is -2.20. The maximum absolute atomic E-state index is 10.9. The van der Waals surface area contributed by atoms with Crippen LogP contribution in [0.1, 0.15) is 12.8 Å². The molecular weight excluding hydrogens is 158 g/mol. The molecule has 12 heavy (non-hydrogen) atoms. The van der Waals surface area contributed by atoms with Crippen LogP contribution in [0.25, 0.3) is 0 Å². The molecule has 0 bridgehead atoms. The molecule has 4 nitrogen and oxygen atoms in total. The van der Waals surface area contributed by atoms with Crippen molar-refractivity contribution in [1.82, 2.24) is 4.90 Å². The molecule has 0 saturated carbocycles. The minimum absolute atomic E-state index is 0.105. The predicted octanol–water partition coefficient (Wildman–Crippen LogP) is -0.384. The topological polar surface area (TPSA) is 49.8 Å². The van der Waals surface area contributed by atoms with Crippen molar-refractivity contribution in [2.75, 3.05) is 27.2 Å². The molecule has 1 saturated heterocycles. The number of hydrogen-bond donors (Lipinski definition) is 1. The SMILES string of the molecule is COC(=O)CC1(O)CCN(C)C1. The third-order valence-electron chi connectivity index (χ3n) is 2.22. The number of methoxy groups -OCH3 is 1. The molecular formula is C8H15NO3. The molecule has 0 amide bonds. The number of aliphatic hydroxyl groups is 1. The van der Waals surface area contributed by atoms with E-state index in [0.29, 0.717) is 13.0 Å². The average Bonchev–Trinajstić information content (AvgIpc) is 2.30. The van der Waals surface area contributed by atoms with Gasteiger partial charge in [-0.1, -0.05) is 0 Å². The summed E-state index contributed by atoms with van der Waals surface area (Å²) in [5, 5.41) is 9.82. The van der Waals surface area contributed by atoms with Crippen molar-refractivity contribution in [2.24, 2.45) is 0 Å². The van der Waals surface area contributed by atoms with Gasteiger partial charge in [0.2, 0.25) is 0 Å². The zero-order valence-electron chi connectivity index (χ0n) is 7.54. The molecule has 4 heteroatoms. The van der Waals surface area contributed by atoms with Gasteiger partial charge in [0.05, 0.1) is 19.1 Å². The number of hydrogen-bond acceptors (Lipinski definition) is 4. The lowest BCUT2D eigenvalue weighted by atomic mass is 9.99. The Morgan fingerprint density at radius 2 is 2.42 bits per heavy atom.